The zero-order chi connectivity index (χ0) is 11.4. The highest BCUT2D eigenvalue weighted by Crippen LogP contribution is 2.28. The molecule has 1 fully saturated rings. The van der Waals surface area contributed by atoms with E-state index < -0.39 is 0 Å². The van der Waals surface area contributed by atoms with E-state index in [1.807, 2.05) is 6.20 Å². The van der Waals surface area contributed by atoms with E-state index in [0.717, 1.165) is 32.5 Å². The van der Waals surface area contributed by atoms with Crippen molar-refractivity contribution in [3.05, 3.63) is 17.5 Å². The first-order valence-electron chi connectivity index (χ1n) is 5.70. The number of aryl methyl sites for hydroxylation is 1. The number of amidine groups is 1. The maximum Gasteiger partial charge on any atom is 0.0908 e. The molecule has 4 N–H and O–H groups in total. The topological polar surface area (TPSA) is 87.8 Å². The molecule has 0 saturated carbocycles. The molecule has 1 aromatic rings. The summed E-state index contributed by atoms with van der Waals surface area (Å²) in [4.78, 5) is 0. The first-order valence-corrected chi connectivity index (χ1v) is 5.70. The van der Waals surface area contributed by atoms with Crippen LogP contribution in [0.25, 0.3) is 0 Å². The van der Waals surface area contributed by atoms with Gasteiger partial charge in [0.1, 0.15) is 0 Å². The molecule has 1 saturated heterocycles. The fourth-order valence-electron chi connectivity index (χ4n) is 2.13. The van der Waals surface area contributed by atoms with Crippen LogP contribution in [0.4, 0.5) is 0 Å². The smallest absolute Gasteiger partial charge is 0.0908 e. The summed E-state index contributed by atoms with van der Waals surface area (Å²) in [7, 11) is 0. The average molecular weight is 222 g/mol. The van der Waals surface area contributed by atoms with Crippen LogP contribution >= 0.6 is 0 Å². The monoisotopic (exact) mass is 222 g/mol. The number of H-pyrrole nitrogens is 1. The Bertz CT molecular complexity index is 355. The third-order valence-electron chi connectivity index (χ3n) is 3.04. The first-order chi connectivity index (χ1) is 7.77. The van der Waals surface area contributed by atoms with Gasteiger partial charge >= 0.3 is 0 Å². The van der Waals surface area contributed by atoms with E-state index in [1.54, 1.807) is 0 Å². The molecule has 1 aromatic heterocycles. The van der Waals surface area contributed by atoms with Crippen molar-refractivity contribution in [1.82, 2.24) is 10.2 Å². The van der Waals surface area contributed by atoms with Gasteiger partial charge in [-0.25, -0.2) is 0 Å². The zero-order valence-corrected chi connectivity index (χ0v) is 9.33. The van der Waals surface area contributed by atoms with Crippen LogP contribution in [0.5, 0.6) is 0 Å². The second-order valence-corrected chi connectivity index (χ2v) is 4.22. The lowest BCUT2D eigenvalue weighted by molar-refractivity contribution is 0.0843. The molecule has 0 spiro atoms. The molecule has 0 aromatic carbocycles. The van der Waals surface area contributed by atoms with Gasteiger partial charge in [-0.15, -0.1) is 0 Å². The van der Waals surface area contributed by atoms with E-state index in [2.05, 4.69) is 10.2 Å². The molecule has 2 heterocycles. The van der Waals surface area contributed by atoms with E-state index in [-0.39, 0.29) is 5.84 Å². The van der Waals surface area contributed by atoms with Crippen molar-refractivity contribution < 1.29 is 4.74 Å². The summed E-state index contributed by atoms with van der Waals surface area (Å²) >= 11 is 0. The van der Waals surface area contributed by atoms with Crippen molar-refractivity contribution in [1.29, 1.82) is 5.41 Å². The highest BCUT2D eigenvalue weighted by Gasteiger charge is 2.20. The molecule has 88 valence electrons. The molecular weight excluding hydrogens is 204 g/mol. The molecule has 1 aliphatic rings. The van der Waals surface area contributed by atoms with Gasteiger partial charge in [-0.2, -0.15) is 5.10 Å². The van der Waals surface area contributed by atoms with Crippen LogP contribution in [0.2, 0.25) is 0 Å². The van der Waals surface area contributed by atoms with Crippen LogP contribution in [-0.4, -0.2) is 29.2 Å². The summed E-state index contributed by atoms with van der Waals surface area (Å²) in [5.74, 6) is 0.761. The lowest BCUT2D eigenvalue weighted by atomic mass is 9.92. The predicted molar refractivity (Wildman–Crippen MR) is 61.6 cm³/mol. The molecule has 16 heavy (non-hydrogen) atoms. The lowest BCUT2D eigenvalue weighted by Crippen LogP contribution is -2.16. The Hall–Kier alpha value is -1.36. The summed E-state index contributed by atoms with van der Waals surface area (Å²) in [6, 6.07) is 0. The molecule has 0 bridgehead atoms. The molecule has 5 heteroatoms. The number of nitrogens with one attached hydrogen (secondary N) is 2. The van der Waals surface area contributed by atoms with Crippen molar-refractivity contribution in [2.45, 2.75) is 31.6 Å². The minimum absolute atomic E-state index is 0.235. The van der Waals surface area contributed by atoms with E-state index >= 15 is 0 Å². The van der Waals surface area contributed by atoms with E-state index in [1.165, 1.54) is 11.3 Å². The van der Waals surface area contributed by atoms with Gasteiger partial charge in [0, 0.05) is 31.2 Å². The number of ether oxygens (including phenoxy) is 1. The number of aromatic nitrogens is 2. The highest BCUT2D eigenvalue weighted by atomic mass is 16.5. The second-order valence-electron chi connectivity index (χ2n) is 4.22. The highest BCUT2D eigenvalue weighted by molar-refractivity contribution is 5.77. The summed E-state index contributed by atoms with van der Waals surface area (Å²) in [6.07, 6.45) is 5.37. The van der Waals surface area contributed by atoms with Crippen molar-refractivity contribution >= 4 is 5.84 Å². The Morgan fingerprint density at radius 3 is 3.00 bits per heavy atom. The van der Waals surface area contributed by atoms with E-state index in [4.69, 9.17) is 15.9 Å². The van der Waals surface area contributed by atoms with Crippen LogP contribution in [0.15, 0.2) is 6.20 Å². The predicted octanol–water partition coefficient (Wildman–Crippen LogP) is 1.17. The van der Waals surface area contributed by atoms with Crippen LogP contribution in [-0.2, 0) is 11.2 Å². The van der Waals surface area contributed by atoms with Crippen molar-refractivity contribution in [2.24, 2.45) is 5.73 Å². The van der Waals surface area contributed by atoms with Gasteiger partial charge in [-0.05, 0) is 24.8 Å². The molecule has 2 rings (SSSR count). The number of nitrogens with two attached hydrogens (primary N) is 1. The first kappa shape index (κ1) is 11.1. The minimum Gasteiger partial charge on any atom is -0.388 e. The van der Waals surface area contributed by atoms with E-state index in [9.17, 15) is 0 Å². The Morgan fingerprint density at radius 2 is 2.31 bits per heavy atom. The third-order valence-corrected chi connectivity index (χ3v) is 3.04. The molecule has 1 aliphatic heterocycles. The molecule has 0 unspecified atom stereocenters. The maximum absolute atomic E-state index is 7.24. The maximum atomic E-state index is 7.24. The fourth-order valence-corrected chi connectivity index (χ4v) is 2.13. The van der Waals surface area contributed by atoms with Crippen molar-refractivity contribution in [2.75, 3.05) is 13.2 Å². The number of hydrogen-bond acceptors (Lipinski definition) is 3. The minimum atomic E-state index is 0.235. The molecule has 0 atom stereocenters. The Kier molecular flexibility index (Phi) is 3.56. The van der Waals surface area contributed by atoms with Gasteiger partial charge in [0.2, 0.25) is 0 Å². The normalized spacial score (nSPS) is 17.5. The van der Waals surface area contributed by atoms with E-state index in [0.29, 0.717) is 12.3 Å². The van der Waals surface area contributed by atoms with Crippen LogP contribution in [0, 0.1) is 5.41 Å². The SMILES string of the molecule is N=C(N)CCc1cn[nH]c1C1CCOCC1. The largest absolute Gasteiger partial charge is 0.388 e. The Balaban J connectivity index is 2.02. The standard InChI is InChI=1S/C11H18N4O/c12-10(13)2-1-9-7-14-15-11(9)8-3-5-16-6-4-8/h7-8H,1-6H2,(H3,12,13)(H,14,15). The van der Waals surface area contributed by atoms with Crippen LogP contribution in [0.3, 0.4) is 0 Å². The van der Waals surface area contributed by atoms with Gasteiger partial charge in [0.25, 0.3) is 0 Å². The Labute approximate surface area is 94.9 Å². The number of nitrogens with zero attached hydrogens (tertiary/aromatic N) is 1. The number of hydrogen-bond donors (Lipinski definition) is 3. The molecular formula is C11H18N4O. The van der Waals surface area contributed by atoms with Crippen molar-refractivity contribution in [3.8, 4) is 0 Å². The van der Waals surface area contributed by atoms with Gasteiger partial charge in [-0.3, -0.25) is 10.5 Å². The van der Waals surface area contributed by atoms with Gasteiger partial charge in [0.15, 0.2) is 0 Å². The van der Waals surface area contributed by atoms with Gasteiger partial charge in [-0.1, -0.05) is 0 Å². The molecule has 5 nitrogen and oxygen atoms in total. The fraction of sp³-hybridized carbons (Fsp3) is 0.636. The van der Waals surface area contributed by atoms with Crippen LogP contribution in [0.1, 0.15) is 36.4 Å². The Morgan fingerprint density at radius 1 is 1.56 bits per heavy atom. The second kappa shape index (κ2) is 5.12. The van der Waals surface area contributed by atoms with Crippen LogP contribution < -0.4 is 5.73 Å². The third kappa shape index (κ3) is 2.61. The number of aromatic amines is 1. The molecule has 0 amide bonds. The van der Waals surface area contributed by atoms with Gasteiger partial charge in [0.05, 0.1) is 12.0 Å². The quantitative estimate of drug-likeness (QED) is 0.528. The van der Waals surface area contributed by atoms with Gasteiger partial charge < -0.3 is 10.5 Å². The zero-order valence-electron chi connectivity index (χ0n) is 9.33. The number of rotatable bonds is 4. The lowest BCUT2D eigenvalue weighted by Gasteiger charge is -2.21. The average Bonchev–Trinajstić information content (AvgIpc) is 2.75. The van der Waals surface area contributed by atoms with Crippen molar-refractivity contribution in [3.63, 3.8) is 0 Å². The summed E-state index contributed by atoms with van der Waals surface area (Å²) < 4.78 is 5.35. The molecule has 0 radical (unpaired) electrons. The summed E-state index contributed by atoms with van der Waals surface area (Å²) in [5, 5.41) is 14.4. The summed E-state index contributed by atoms with van der Waals surface area (Å²) in [6.45, 7) is 1.66. The molecule has 0 aliphatic carbocycles. The summed E-state index contributed by atoms with van der Waals surface area (Å²) in [5.41, 5.74) is 7.78.